The third kappa shape index (κ3) is 7.08. The topological polar surface area (TPSA) is 15.3 Å². The Morgan fingerprint density at radius 1 is 1.10 bits per heavy atom. The van der Waals surface area contributed by atoms with Gasteiger partial charge in [0.05, 0.1) is 0 Å². The molecule has 0 aromatic rings. The fourth-order valence-corrected chi connectivity index (χ4v) is 3.35. The van der Waals surface area contributed by atoms with E-state index in [2.05, 4.69) is 44.8 Å². The monoisotopic (exact) mass is 282 g/mol. The highest BCUT2D eigenvalue weighted by Gasteiger charge is 2.32. The number of nitrogens with one attached hydrogen (secondary N) is 1. The SMILES string of the molecule is CCCCCCCCN1CC(C)(C)NCC1CC(C)C. The highest BCUT2D eigenvalue weighted by molar-refractivity contribution is 4.92. The summed E-state index contributed by atoms with van der Waals surface area (Å²) in [5.74, 6) is 0.801. The van der Waals surface area contributed by atoms with Crippen LogP contribution in [-0.4, -0.2) is 36.1 Å². The third-order valence-electron chi connectivity index (χ3n) is 4.47. The van der Waals surface area contributed by atoms with E-state index in [-0.39, 0.29) is 5.54 Å². The standard InChI is InChI=1S/C18H38N2/c1-6-7-8-9-10-11-12-20-15-18(4,5)19-14-17(20)13-16(2)3/h16-17,19H,6-15H2,1-5H3. The van der Waals surface area contributed by atoms with Crippen molar-refractivity contribution in [2.24, 2.45) is 5.92 Å². The molecule has 1 unspecified atom stereocenters. The molecule has 0 spiro atoms. The molecule has 1 heterocycles. The van der Waals surface area contributed by atoms with E-state index in [0.29, 0.717) is 0 Å². The van der Waals surface area contributed by atoms with Crippen LogP contribution in [0.15, 0.2) is 0 Å². The Balaban J connectivity index is 2.32. The van der Waals surface area contributed by atoms with Gasteiger partial charge in [-0.05, 0) is 39.2 Å². The number of unbranched alkanes of at least 4 members (excludes halogenated alkanes) is 5. The summed E-state index contributed by atoms with van der Waals surface area (Å²) in [7, 11) is 0. The Kier molecular flexibility index (Phi) is 8.13. The van der Waals surface area contributed by atoms with Gasteiger partial charge in [0.1, 0.15) is 0 Å². The van der Waals surface area contributed by atoms with Gasteiger partial charge < -0.3 is 5.32 Å². The molecule has 0 amide bonds. The van der Waals surface area contributed by atoms with Crippen molar-refractivity contribution < 1.29 is 0 Å². The molecule has 1 atom stereocenters. The summed E-state index contributed by atoms with van der Waals surface area (Å²) in [5.41, 5.74) is 0.287. The van der Waals surface area contributed by atoms with Gasteiger partial charge in [-0.25, -0.2) is 0 Å². The molecule has 1 rings (SSSR count). The van der Waals surface area contributed by atoms with Crippen LogP contribution in [0.1, 0.15) is 79.6 Å². The number of hydrogen-bond donors (Lipinski definition) is 1. The second-order valence-electron chi connectivity index (χ2n) is 7.79. The fourth-order valence-electron chi connectivity index (χ4n) is 3.35. The minimum atomic E-state index is 0.287. The van der Waals surface area contributed by atoms with Crippen LogP contribution < -0.4 is 5.32 Å². The molecule has 1 aliphatic heterocycles. The van der Waals surface area contributed by atoms with Crippen molar-refractivity contribution in [1.29, 1.82) is 0 Å². The molecule has 2 heteroatoms. The highest BCUT2D eigenvalue weighted by atomic mass is 15.2. The Hall–Kier alpha value is -0.0800. The van der Waals surface area contributed by atoms with E-state index < -0.39 is 0 Å². The van der Waals surface area contributed by atoms with Crippen LogP contribution in [0.25, 0.3) is 0 Å². The predicted octanol–water partition coefficient (Wildman–Crippen LogP) is 4.45. The average molecular weight is 283 g/mol. The van der Waals surface area contributed by atoms with Gasteiger partial charge in [0, 0.05) is 24.7 Å². The second-order valence-corrected chi connectivity index (χ2v) is 7.79. The van der Waals surface area contributed by atoms with Crippen molar-refractivity contribution >= 4 is 0 Å². The molecule has 20 heavy (non-hydrogen) atoms. The second kappa shape index (κ2) is 9.04. The molecule has 0 aliphatic carbocycles. The van der Waals surface area contributed by atoms with Crippen molar-refractivity contribution in [3.63, 3.8) is 0 Å². The van der Waals surface area contributed by atoms with E-state index in [4.69, 9.17) is 0 Å². The van der Waals surface area contributed by atoms with Gasteiger partial charge in [-0.15, -0.1) is 0 Å². The molecule has 0 saturated carbocycles. The van der Waals surface area contributed by atoms with Crippen molar-refractivity contribution in [2.45, 2.75) is 91.1 Å². The minimum Gasteiger partial charge on any atom is -0.309 e. The van der Waals surface area contributed by atoms with Gasteiger partial charge in [0.2, 0.25) is 0 Å². The van der Waals surface area contributed by atoms with Crippen LogP contribution in [-0.2, 0) is 0 Å². The van der Waals surface area contributed by atoms with Gasteiger partial charge >= 0.3 is 0 Å². The first-order valence-corrected chi connectivity index (χ1v) is 8.93. The van der Waals surface area contributed by atoms with E-state index in [9.17, 15) is 0 Å². The van der Waals surface area contributed by atoms with E-state index in [1.807, 2.05) is 0 Å². The molecule has 1 N–H and O–H groups in total. The van der Waals surface area contributed by atoms with E-state index >= 15 is 0 Å². The maximum Gasteiger partial charge on any atom is 0.0252 e. The summed E-state index contributed by atoms with van der Waals surface area (Å²) in [6.07, 6.45) is 9.75. The van der Waals surface area contributed by atoms with Crippen LogP contribution in [0.3, 0.4) is 0 Å². The zero-order valence-corrected chi connectivity index (χ0v) is 14.7. The van der Waals surface area contributed by atoms with Crippen LogP contribution in [0.5, 0.6) is 0 Å². The Morgan fingerprint density at radius 3 is 2.40 bits per heavy atom. The summed E-state index contributed by atoms with van der Waals surface area (Å²) >= 11 is 0. The summed E-state index contributed by atoms with van der Waals surface area (Å²) < 4.78 is 0. The van der Waals surface area contributed by atoms with Crippen LogP contribution in [0.2, 0.25) is 0 Å². The summed E-state index contributed by atoms with van der Waals surface area (Å²) in [4.78, 5) is 2.76. The number of piperazine rings is 1. The predicted molar refractivity (Wildman–Crippen MR) is 90.3 cm³/mol. The van der Waals surface area contributed by atoms with E-state index in [1.54, 1.807) is 0 Å². The fraction of sp³-hybridized carbons (Fsp3) is 1.00. The maximum atomic E-state index is 3.72. The highest BCUT2D eigenvalue weighted by Crippen LogP contribution is 2.21. The number of rotatable bonds is 9. The summed E-state index contributed by atoms with van der Waals surface area (Å²) in [6.45, 7) is 15.3. The lowest BCUT2D eigenvalue weighted by Crippen LogP contribution is -2.61. The van der Waals surface area contributed by atoms with Gasteiger partial charge in [0.15, 0.2) is 0 Å². The first-order chi connectivity index (χ1) is 9.44. The number of nitrogens with zero attached hydrogens (tertiary/aromatic N) is 1. The molecule has 120 valence electrons. The van der Waals surface area contributed by atoms with Crippen molar-refractivity contribution in [1.82, 2.24) is 10.2 Å². The van der Waals surface area contributed by atoms with Crippen molar-refractivity contribution in [2.75, 3.05) is 19.6 Å². The minimum absolute atomic E-state index is 0.287. The zero-order valence-electron chi connectivity index (χ0n) is 14.7. The van der Waals surface area contributed by atoms with E-state index in [0.717, 1.165) is 12.0 Å². The molecular weight excluding hydrogens is 244 g/mol. The molecule has 0 aromatic carbocycles. The summed E-state index contributed by atoms with van der Waals surface area (Å²) in [6, 6.07) is 0.749. The van der Waals surface area contributed by atoms with Crippen LogP contribution in [0, 0.1) is 5.92 Å². The molecule has 0 radical (unpaired) electrons. The van der Waals surface area contributed by atoms with Gasteiger partial charge in [-0.1, -0.05) is 52.9 Å². The van der Waals surface area contributed by atoms with E-state index in [1.165, 1.54) is 64.6 Å². The molecular formula is C18H38N2. The largest absolute Gasteiger partial charge is 0.309 e. The Labute approximate surface area is 127 Å². The quantitative estimate of drug-likeness (QED) is 0.629. The maximum absolute atomic E-state index is 3.72. The molecule has 1 aliphatic rings. The lowest BCUT2D eigenvalue weighted by Gasteiger charge is -2.45. The molecule has 1 saturated heterocycles. The number of hydrogen-bond acceptors (Lipinski definition) is 2. The van der Waals surface area contributed by atoms with Gasteiger partial charge in [-0.3, -0.25) is 4.90 Å². The van der Waals surface area contributed by atoms with Crippen LogP contribution >= 0.6 is 0 Å². The van der Waals surface area contributed by atoms with Crippen molar-refractivity contribution in [3.8, 4) is 0 Å². The van der Waals surface area contributed by atoms with Crippen molar-refractivity contribution in [3.05, 3.63) is 0 Å². The molecule has 1 fully saturated rings. The average Bonchev–Trinajstić information content (AvgIpc) is 2.36. The molecule has 0 bridgehead atoms. The smallest absolute Gasteiger partial charge is 0.0252 e. The molecule has 2 nitrogen and oxygen atoms in total. The normalized spacial score (nSPS) is 23.4. The third-order valence-corrected chi connectivity index (χ3v) is 4.47. The van der Waals surface area contributed by atoms with Crippen LogP contribution in [0.4, 0.5) is 0 Å². The molecule has 0 aromatic heterocycles. The Morgan fingerprint density at radius 2 is 1.75 bits per heavy atom. The first kappa shape index (κ1) is 18.0. The van der Waals surface area contributed by atoms with Gasteiger partial charge in [0.25, 0.3) is 0 Å². The van der Waals surface area contributed by atoms with Gasteiger partial charge in [-0.2, -0.15) is 0 Å². The zero-order chi connectivity index (χ0) is 15.0. The lowest BCUT2D eigenvalue weighted by molar-refractivity contribution is 0.0809. The summed E-state index contributed by atoms with van der Waals surface area (Å²) in [5, 5.41) is 3.72. The Bertz CT molecular complexity index is 248. The lowest BCUT2D eigenvalue weighted by atomic mass is 9.93. The first-order valence-electron chi connectivity index (χ1n) is 8.93.